The van der Waals surface area contributed by atoms with Gasteiger partial charge in [-0.05, 0) is 61.6 Å². The summed E-state index contributed by atoms with van der Waals surface area (Å²) in [5, 5.41) is 0. The van der Waals surface area contributed by atoms with Gasteiger partial charge in [-0.1, -0.05) is 12.1 Å². The van der Waals surface area contributed by atoms with Crippen LogP contribution in [-0.4, -0.2) is 49.9 Å². The summed E-state index contributed by atoms with van der Waals surface area (Å²) in [4.78, 5) is 0.0816. The molecule has 170 valence electrons. The van der Waals surface area contributed by atoms with Crippen molar-refractivity contribution in [3.8, 4) is 11.5 Å². The molecule has 1 fully saturated rings. The van der Waals surface area contributed by atoms with Crippen molar-refractivity contribution in [1.82, 2.24) is 4.72 Å². The molecule has 31 heavy (non-hydrogen) atoms. The van der Waals surface area contributed by atoms with Gasteiger partial charge >= 0.3 is 0 Å². The van der Waals surface area contributed by atoms with Gasteiger partial charge in [-0.15, -0.1) is 0 Å². The maximum Gasteiger partial charge on any atom is 0.240 e. The van der Waals surface area contributed by atoms with Crippen molar-refractivity contribution in [2.45, 2.75) is 31.1 Å². The number of anilines is 1. The second kappa shape index (κ2) is 9.46. The first-order valence-electron chi connectivity index (χ1n) is 9.99. The van der Waals surface area contributed by atoms with Crippen molar-refractivity contribution in [3.05, 3.63) is 47.5 Å². The van der Waals surface area contributed by atoms with Crippen LogP contribution in [-0.2, 0) is 26.5 Å². The van der Waals surface area contributed by atoms with E-state index < -0.39 is 20.0 Å². The summed E-state index contributed by atoms with van der Waals surface area (Å²) in [6, 6.07) is 10.2. The first-order chi connectivity index (χ1) is 14.7. The zero-order valence-corrected chi connectivity index (χ0v) is 19.6. The molecule has 0 spiro atoms. The Morgan fingerprint density at radius 2 is 1.77 bits per heavy atom. The largest absolute Gasteiger partial charge is 0.493 e. The molecule has 1 aliphatic heterocycles. The maximum absolute atomic E-state index is 12.9. The van der Waals surface area contributed by atoms with Crippen LogP contribution in [0.5, 0.6) is 11.5 Å². The van der Waals surface area contributed by atoms with Crippen LogP contribution < -0.4 is 18.5 Å². The zero-order chi connectivity index (χ0) is 22.6. The molecule has 0 atom stereocenters. The SMILES string of the molecule is COc1ccc(CCNS(=O)(=O)c2cc(N3CCCCS3(=O)=O)ccc2C)cc1OC. The quantitative estimate of drug-likeness (QED) is 0.639. The van der Waals surface area contributed by atoms with Gasteiger partial charge in [0.2, 0.25) is 20.0 Å². The van der Waals surface area contributed by atoms with Gasteiger partial charge in [-0.2, -0.15) is 0 Å². The van der Waals surface area contributed by atoms with Crippen LogP contribution in [0.2, 0.25) is 0 Å². The highest BCUT2D eigenvalue weighted by molar-refractivity contribution is 7.92. The average Bonchev–Trinajstić information content (AvgIpc) is 2.73. The Kier molecular flexibility index (Phi) is 7.13. The highest BCUT2D eigenvalue weighted by atomic mass is 32.2. The van der Waals surface area contributed by atoms with Gasteiger partial charge in [0.15, 0.2) is 11.5 Å². The predicted molar refractivity (Wildman–Crippen MR) is 120 cm³/mol. The fourth-order valence-electron chi connectivity index (χ4n) is 3.56. The number of aryl methyl sites for hydroxylation is 1. The lowest BCUT2D eigenvalue weighted by atomic mass is 10.1. The van der Waals surface area contributed by atoms with Gasteiger partial charge in [0, 0.05) is 13.1 Å². The standard InChI is InChI=1S/C21H28N2O6S2/c1-16-6-8-18(23-12-4-5-13-30(23,24)25)15-21(16)31(26,27)22-11-10-17-7-9-19(28-2)20(14-17)29-3/h6-9,14-15,22H,4-5,10-13H2,1-3H3. The normalized spacial score (nSPS) is 16.2. The van der Waals surface area contributed by atoms with E-state index in [0.717, 1.165) is 12.0 Å². The first-order valence-corrected chi connectivity index (χ1v) is 13.1. The smallest absolute Gasteiger partial charge is 0.240 e. The Morgan fingerprint density at radius 1 is 1.03 bits per heavy atom. The Balaban J connectivity index is 1.76. The van der Waals surface area contributed by atoms with Crippen molar-refractivity contribution < 1.29 is 26.3 Å². The van der Waals surface area contributed by atoms with Gasteiger partial charge in [-0.25, -0.2) is 21.6 Å². The number of hydrogen-bond acceptors (Lipinski definition) is 6. The number of rotatable bonds is 8. The third kappa shape index (κ3) is 5.31. The maximum atomic E-state index is 12.9. The molecular formula is C21H28N2O6S2. The fraction of sp³-hybridized carbons (Fsp3) is 0.429. The van der Waals surface area contributed by atoms with E-state index in [0.29, 0.717) is 42.1 Å². The lowest BCUT2D eigenvalue weighted by Crippen LogP contribution is -2.38. The second-order valence-electron chi connectivity index (χ2n) is 7.38. The molecule has 1 heterocycles. The van der Waals surface area contributed by atoms with Crippen molar-refractivity contribution in [1.29, 1.82) is 0 Å². The molecule has 10 heteroatoms. The third-order valence-electron chi connectivity index (χ3n) is 5.25. The summed E-state index contributed by atoms with van der Waals surface area (Å²) in [7, 11) is -4.14. The molecule has 1 saturated heterocycles. The van der Waals surface area contributed by atoms with Crippen LogP contribution in [0.25, 0.3) is 0 Å². The number of ether oxygens (including phenoxy) is 2. The third-order valence-corrected chi connectivity index (χ3v) is 8.72. The Labute approximate surface area is 184 Å². The van der Waals surface area contributed by atoms with Crippen molar-refractivity contribution in [2.75, 3.05) is 37.4 Å². The minimum atomic E-state index is -3.82. The minimum absolute atomic E-state index is 0.0759. The molecular weight excluding hydrogens is 440 g/mol. The molecule has 1 aliphatic rings. The van der Waals surface area contributed by atoms with E-state index in [1.165, 1.54) is 10.4 Å². The van der Waals surface area contributed by atoms with Crippen molar-refractivity contribution in [2.24, 2.45) is 0 Å². The van der Waals surface area contributed by atoms with Crippen LogP contribution in [0, 0.1) is 6.92 Å². The van der Waals surface area contributed by atoms with Gasteiger partial charge in [0.1, 0.15) is 0 Å². The van der Waals surface area contributed by atoms with E-state index in [4.69, 9.17) is 9.47 Å². The topological polar surface area (TPSA) is 102 Å². The first kappa shape index (κ1) is 23.4. The van der Waals surface area contributed by atoms with Gasteiger partial charge in [0.05, 0.1) is 30.6 Å². The number of methoxy groups -OCH3 is 2. The van der Waals surface area contributed by atoms with Crippen molar-refractivity contribution in [3.63, 3.8) is 0 Å². The molecule has 0 saturated carbocycles. The highest BCUT2D eigenvalue weighted by Crippen LogP contribution is 2.29. The van der Waals surface area contributed by atoms with Crippen LogP contribution in [0.15, 0.2) is 41.3 Å². The summed E-state index contributed by atoms with van der Waals surface area (Å²) in [5.74, 6) is 1.26. The summed E-state index contributed by atoms with van der Waals surface area (Å²) >= 11 is 0. The number of nitrogens with zero attached hydrogens (tertiary/aromatic N) is 1. The Bertz CT molecular complexity index is 1150. The van der Waals surface area contributed by atoms with E-state index in [2.05, 4.69) is 4.72 Å². The number of benzene rings is 2. The van der Waals surface area contributed by atoms with Gasteiger partial charge in [0.25, 0.3) is 0 Å². The lowest BCUT2D eigenvalue weighted by molar-refractivity contribution is 0.354. The molecule has 8 nitrogen and oxygen atoms in total. The average molecular weight is 469 g/mol. The molecule has 0 radical (unpaired) electrons. The molecule has 1 N–H and O–H groups in total. The Morgan fingerprint density at radius 3 is 2.45 bits per heavy atom. The summed E-state index contributed by atoms with van der Waals surface area (Å²) in [5.41, 5.74) is 1.83. The summed E-state index contributed by atoms with van der Waals surface area (Å²) < 4.78 is 65.1. The predicted octanol–water partition coefficient (Wildman–Crippen LogP) is 2.46. The summed E-state index contributed by atoms with van der Waals surface area (Å²) in [6.07, 6.45) is 1.82. The molecule has 2 aromatic carbocycles. The molecule has 3 rings (SSSR count). The highest BCUT2D eigenvalue weighted by Gasteiger charge is 2.27. The number of nitrogens with one attached hydrogen (secondary N) is 1. The number of sulfonamides is 2. The fourth-order valence-corrected chi connectivity index (χ4v) is 6.48. The lowest BCUT2D eigenvalue weighted by Gasteiger charge is -2.28. The van der Waals surface area contributed by atoms with E-state index >= 15 is 0 Å². The Hall–Kier alpha value is -2.30. The van der Waals surface area contributed by atoms with Gasteiger partial charge in [-0.3, -0.25) is 4.31 Å². The van der Waals surface area contributed by atoms with E-state index in [-0.39, 0.29) is 17.2 Å². The molecule has 0 aliphatic carbocycles. The zero-order valence-electron chi connectivity index (χ0n) is 17.9. The van der Waals surface area contributed by atoms with Crippen LogP contribution in [0.3, 0.4) is 0 Å². The van der Waals surface area contributed by atoms with E-state index in [1.807, 2.05) is 6.07 Å². The number of hydrogen-bond donors (Lipinski definition) is 1. The minimum Gasteiger partial charge on any atom is -0.493 e. The monoisotopic (exact) mass is 468 g/mol. The summed E-state index contributed by atoms with van der Waals surface area (Å²) in [6.45, 7) is 2.23. The molecule has 2 aromatic rings. The molecule has 0 bridgehead atoms. The van der Waals surface area contributed by atoms with E-state index in [1.54, 1.807) is 45.4 Å². The van der Waals surface area contributed by atoms with E-state index in [9.17, 15) is 16.8 Å². The van der Waals surface area contributed by atoms with Gasteiger partial charge < -0.3 is 9.47 Å². The van der Waals surface area contributed by atoms with Crippen LogP contribution in [0.4, 0.5) is 5.69 Å². The molecule has 0 unspecified atom stereocenters. The molecule has 0 amide bonds. The van der Waals surface area contributed by atoms with Crippen LogP contribution >= 0.6 is 0 Å². The second-order valence-corrected chi connectivity index (χ2v) is 11.1. The molecule has 0 aromatic heterocycles. The van der Waals surface area contributed by atoms with Crippen LogP contribution in [0.1, 0.15) is 24.0 Å². The van der Waals surface area contributed by atoms with Crippen molar-refractivity contribution >= 4 is 25.7 Å².